The Bertz CT molecular complexity index is 1060. The minimum absolute atomic E-state index is 0.185. The molecule has 5 nitrogen and oxygen atoms in total. The first kappa shape index (κ1) is 19.4. The van der Waals surface area contributed by atoms with Gasteiger partial charge < -0.3 is 5.32 Å². The molecule has 6 heteroatoms. The molecular weight excluding hydrogens is 388 g/mol. The number of carbonyl (C=O) groups is 3. The second-order valence-corrected chi connectivity index (χ2v) is 8.09. The average Bonchev–Trinajstić information content (AvgIpc) is 2.94. The molecule has 148 valence electrons. The van der Waals surface area contributed by atoms with Crippen LogP contribution >= 0.6 is 11.6 Å². The first-order chi connectivity index (χ1) is 13.8. The van der Waals surface area contributed by atoms with Crippen LogP contribution in [-0.4, -0.2) is 17.7 Å². The summed E-state index contributed by atoms with van der Waals surface area (Å²) in [5.41, 5.74) is 3.44. The molecule has 0 aromatic heterocycles. The van der Waals surface area contributed by atoms with Crippen molar-refractivity contribution in [3.05, 3.63) is 70.3 Å². The van der Waals surface area contributed by atoms with Crippen molar-refractivity contribution in [3.8, 4) is 0 Å². The van der Waals surface area contributed by atoms with Gasteiger partial charge in [0.25, 0.3) is 5.91 Å². The number of nitrogens with zero attached hydrogens (tertiary/aromatic N) is 1. The van der Waals surface area contributed by atoms with E-state index in [1.165, 1.54) is 4.90 Å². The smallest absolute Gasteiger partial charge is 0.255 e. The number of aryl methyl sites for hydroxylation is 1. The van der Waals surface area contributed by atoms with Crippen molar-refractivity contribution in [3.63, 3.8) is 0 Å². The van der Waals surface area contributed by atoms with E-state index in [1.54, 1.807) is 36.4 Å². The second kappa shape index (κ2) is 7.48. The molecule has 1 aliphatic carbocycles. The first-order valence-corrected chi connectivity index (χ1v) is 9.94. The molecule has 0 spiro atoms. The molecule has 2 atom stereocenters. The number of amides is 3. The third kappa shape index (κ3) is 3.58. The lowest BCUT2D eigenvalue weighted by Gasteiger charge is -2.18. The van der Waals surface area contributed by atoms with Crippen molar-refractivity contribution in [2.24, 2.45) is 11.8 Å². The zero-order valence-electron chi connectivity index (χ0n) is 16.2. The number of benzene rings is 2. The summed E-state index contributed by atoms with van der Waals surface area (Å²) in [6, 6.07) is 11.9. The maximum Gasteiger partial charge on any atom is 0.255 e. The maximum atomic E-state index is 12.9. The highest BCUT2D eigenvalue weighted by Gasteiger charge is 2.48. The number of halogens is 1. The Kier molecular flexibility index (Phi) is 5.01. The number of anilines is 2. The van der Waals surface area contributed by atoms with E-state index in [-0.39, 0.29) is 29.6 Å². The number of hydrogen-bond donors (Lipinski definition) is 1. The Labute approximate surface area is 174 Å². The summed E-state index contributed by atoms with van der Waals surface area (Å²) in [4.78, 5) is 39.7. The average molecular weight is 409 g/mol. The summed E-state index contributed by atoms with van der Waals surface area (Å²) in [7, 11) is 0. The number of rotatable bonds is 3. The Morgan fingerprint density at radius 3 is 2.59 bits per heavy atom. The number of fused-ring (bicyclic) bond motifs is 1. The second-order valence-electron chi connectivity index (χ2n) is 7.68. The lowest BCUT2D eigenvalue weighted by atomic mass is 9.82. The minimum atomic E-state index is -0.333. The molecule has 0 bridgehead atoms. The Hall–Kier alpha value is -2.92. The third-order valence-electron chi connectivity index (χ3n) is 5.62. The van der Waals surface area contributed by atoms with Crippen molar-refractivity contribution in [1.29, 1.82) is 0 Å². The van der Waals surface area contributed by atoms with E-state index in [9.17, 15) is 14.4 Å². The number of carbonyl (C=O) groups excluding carboxylic acids is 3. The summed E-state index contributed by atoms with van der Waals surface area (Å²) in [5.74, 6) is -1.32. The van der Waals surface area contributed by atoms with Crippen LogP contribution in [0.5, 0.6) is 0 Å². The third-order valence-corrected chi connectivity index (χ3v) is 6.03. The lowest BCUT2D eigenvalue weighted by molar-refractivity contribution is -0.122. The SMILES string of the molecule is CC1=CC[C@@H]2C(=O)N(c3cccc(C(=O)Nc4ccc(C)c(Cl)c4)c3)C(=O)[C@@H]2C1. The molecular formula is C23H21ClN2O3. The fourth-order valence-electron chi connectivity index (χ4n) is 3.95. The van der Waals surface area contributed by atoms with Crippen LogP contribution in [0.25, 0.3) is 0 Å². The van der Waals surface area contributed by atoms with Crippen LogP contribution < -0.4 is 10.2 Å². The summed E-state index contributed by atoms with van der Waals surface area (Å²) in [6.45, 7) is 3.87. The Morgan fingerprint density at radius 2 is 1.83 bits per heavy atom. The Morgan fingerprint density at radius 1 is 1.07 bits per heavy atom. The first-order valence-electron chi connectivity index (χ1n) is 9.56. The summed E-state index contributed by atoms with van der Waals surface area (Å²) in [5, 5.41) is 3.37. The van der Waals surface area contributed by atoms with E-state index in [0.717, 1.165) is 11.1 Å². The van der Waals surface area contributed by atoms with Crippen molar-refractivity contribution in [2.75, 3.05) is 10.2 Å². The van der Waals surface area contributed by atoms with Gasteiger partial charge in [0.2, 0.25) is 11.8 Å². The number of nitrogens with one attached hydrogen (secondary N) is 1. The normalized spacial score (nSPS) is 21.1. The zero-order chi connectivity index (χ0) is 20.7. The molecule has 1 aliphatic heterocycles. The minimum Gasteiger partial charge on any atom is -0.322 e. The van der Waals surface area contributed by atoms with Crippen LogP contribution in [0, 0.1) is 18.8 Å². The van der Waals surface area contributed by atoms with Crippen LogP contribution in [-0.2, 0) is 9.59 Å². The number of allylic oxidation sites excluding steroid dienone is 2. The van der Waals surface area contributed by atoms with Gasteiger partial charge in [0, 0.05) is 16.3 Å². The topological polar surface area (TPSA) is 66.5 Å². The number of hydrogen-bond acceptors (Lipinski definition) is 3. The molecule has 0 unspecified atom stereocenters. The van der Waals surface area contributed by atoms with Crippen LogP contribution in [0.15, 0.2) is 54.1 Å². The van der Waals surface area contributed by atoms with Gasteiger partial charge in [-0.2, -0.15) is 0 Å². The van der Waals surface area contributed by atoms with E-state index >= 15 is 0 Å². The standard InChI is InChI=1S/C23H21ClN2O3/c1-13-6-9-18-19(10-13)23(29)26(22(18)28)17-5-3-4-15(11-17)21(27)25-16-8-7-14(2)20(24)12-16/h3-8,11-12,18-19H,9-10H2,1-2H3,(H,25,27)/t18-,19+/m0/s1. The van der Waals surface area contributed by atoms with Crippen molar-refractivity contribution < 1.29 is 14.4 Å². The van der Waals surface area contributed by atoms with E-state index in [1.807, 2.05) is 26.0 Å². The highest BCUT2D eigenvalue weighted by atomic mass is 35.5. The van der Waals surface area contributed by atoms with Crippen LogP contribution in [0.3, 0.4) is 0 Å². The highest BCUT2D eigenvalue weighted by Crippen LogP contribution is 2.39. The van der Waals surface area contributed by atoms with Crippen LogP contribution in [0.4, 0.5) is 11.4 Å². The molecule has 2 aromatic rings. The van der Waals surface area contributed by atoms with Crippen molar-refractivity contribution >= 4 is 40.7 Å². The zero-order valence-corrected chi connectivity index (χ0v) is 17.0. The van der Waals surface area contributed by atoms with E-state index in [0.29, 0.717) is 34.8 Å². The predicted molar refractivity (Wildman–Crippen MR) is 113 cm³/mol. The van der Waals surface area contributed by atoms with E-state index in [4.69, 9.17) is 11.6 Å². The van der Waals surface area contributed by atoms with Gasteiger partial charge >= 0.3 is 0 Å². The fraction of sp³-hybridized carbons (Fsp3) is 0.261. The van der Waals surface area contributed by atoms with Gasteiger partial charge in [-0.3, -0.25) is 19.3 Å². The van der Waals surface area contributed by atoms with Gasteiger partial charge in [0.15, 0.2) is 0 Å². The van der Waals surface area contributed by atoms with E-state index < -0.39 is 0 Å². The lowest BCUT2D eigenvalue weighted by Crippen LogP contribution is -2.31. The molecule has 1 N–H and O–H groups in total. The largest absolute Gasteiger partial charge is 0.322 e. The molecule has 0 radical (unpaired) electrons. The Balaban J connectivity index is 1.57. The number of imide groups is 1. The quantitative estimate of drug-likeness (QED) is 0.588. The van der Waals surface area contributed by atoms with E-state index in [2.05, 4.69) is 5.32 Å². The highest BCUT2D eigenvalue weighted by molar-refractivity contribution is 6.31. The summed E-state index contributed by atoms with van der Waals surface area (Å²) >= 11 is 6.12. The maximum absolute atomic E-state index is 12.9. The molecule has 3 amide bonds. The van der Waals surface area contributed by atoms with Crippen LogP contribution in [0.1, 0.15) is 35.7 Å². The summed E-state index contributed by atoms with van der Waals surface area (Å²) < 4.78 is 0. The molecule has 2 aromatic carbocycles. The molecule has 2 aliphatic rings. The fourth-order valence-corrected chi connectivity index (χ4v) is 4.13. The van der Waals surface area contributed by atoms with Crippen LogP contribution in [0.2, 0.25) is 5.02 Å². The molecule has 4 rings (SSSR count). The predicted octanol–water partition coefficient (Wildman–Crippen LogP) is 4.75. The van der Waals surface area contributed by atoms with Gasteiger partial charge in [0.05, 0.1) is 17.5 Å². The molecule has 1 fully saturated rings. The van der Waals surface area contributed by atoms with Gasteiger partial charge in [0.1, 0.15) is 0 Å². The molecule has 1 saturated heterocycles. The van der Waals surface area contributed by atoms with Gasteiger partial charge in [-0.15, -0.1) is 0 Å². The monoisotopic (exact) mass is 408 g/mol. The molecule has 29 heavy (non-hydrogen) atoms. The van der Waals surface area contributed by atoms with Crippen molar-refractivity contribution in [1.82, 2.24) is 0 Å². The molecule has 0 saturated carbocycles. The molecule has 1 heterocycles. The summed E-state index contributed by atoms with van der Waals surface area (Å²) in [6.07, 6.45) is 3.23. The van der Waals surface area contributed by atoms with Gasteiger partial charge in [-0.05, 0) is 62.6 Å². The van der Waals surface area contributed by atoms with Gasteiger partial charge in [-0.1, -0.05) is 35.4 Å². The van der Waals surface area contributed by atoms with Crippen molar-refractivity contribution in [2.45, 2.75) is 26.7 Å². The van der Waals surface area contributed by atoms with Gasteiger partial charge in [-0.25, -0.2) is 0 Å².